The van der Waals surface area contributed by atoms with Crippen molar-refractivity contribution in [2.24, 2.45) is 5.92 Å². The maximum absolute atomic E-state index is 9.40. The van der Waals surface area contributed by atoms with Gasteiger partial charge in [-0.1, -0.05) is 197 Å². The molecule has 0 saturated heterocycles. The fourth-order valence-corrected chi connectivity index (χ4v) is 11.0. The topological polar surface area (TPSA) is 35.2 Å². The second kappa shape index (κ2) is 19.0. The monoisotopic (exact) mass is 1170 g/mol. The predicted octanol–water partition coefficient (Wildman–Crippen LogP) is 19.0. The zero-order chi connectivity index (χ0) is 53.9. The molecule has 8 aromatic carbocycles. The number of fused-ring (bicyclic) bond motifs is 10. The van der Waals surface area contributed by atoms with Crippen molar-refractivity contribution in [2.45, 2.75) is 98.8 Å². The second-order valence-corrected chi connectivity index (χ2v) is 23.7. The Morgan fingerprint density at radius 3 is 1.83 bits per heavy atom. The molecule has 0 spiro atoms. The molecular weight excluding hydrogens is 1110 g/mol. The van der Waals surface area contributed by atoms with E-state index in [1.165, 1.54) is 11.1 Å². The molecule has 0 radical (unpaired) electrons. The van der Waals surface area contributed by atoms with Gasteiger partial charge in [-0.3, -0.25) is 0 Å². The standard InChI is InChI=1S/C70H65N4O.Pt/c1-44(2)35-45-36-46(38-49(37-45)70(9,10)11)53-25-17-26-59-56-23-14-12-21-54(56)55-22-13-15-24-57(55)60-27-18-28-63-67(60)73(66(53)59)43-72(63)50-19-16-20-51(41-50)75-52-30-31-58-61-39-47(68(3,4)5)29-32-62(61)74(64(58)42-52)65-40-48(33-34-71-65)69(6,7)8;/h12-34,36-40,43-44H,35H2,1-11H3;/q-3;/i35D2;. The molecule has 0 bridgehead atoms. The van der Waals surface area contributed by atoms with Crippen molar-refractivity contribution >= 4 is 76.5 Å². The van der Waals surface area contributed by atoms with Gasteiger partial charge in [0.1, 0.15) is 5.82 Å². The van der Waals surface area contributed by atoms with Gasteiger partial charge < -0.3 is 18.8 Å². The van der Waals surface area contributed by atoms with Crippen LogP contribution in [0.25, 0.3) is 82.1 Å². The molecule has 5 nitrogen and oxygen atoms in total. The van der Waals surface area contributed by atoms with Gasteiger partial charge in [0.15, 0.2) is 0 Å². The Morgan fingerprint density at radius 2 is 1.16 bits per heavy atom. The average molecular weight is 1180 g/mol. The Hall–Kier alpha value is -7.33. The first-order valence-corrected chi connectivity index (χ1v) is 26.4. The number of ether oxygens (including phenoxy) is 1. The summed E-state index contributed by atoms with van der Waals surface area (Å²) in [5.74, 6) is 1.73. The molecule has 4 heterocycles. The van der Waals surface area contributed by atoms with Gasteiger partial charge in [-0.05, 0) is 142 Å². The maximum Gasteiger partial charge on any atom is 0.135 e. The van der Waals surface area contributed by atoms with Crippen LogP contribution in [0.5, 0.6) is 11.5 Å². The third kappa shape index (κ3) is 9.01. The molecule has 1 aliphatic heterocycles. The van der Waals surface area contributed by atoms with Crippen LogP contribution >= 0.6 is 0 Å². The SMILES string of the molecule is [2H]C([2H])(c1cc(-c2cccc3c4ccccc4c4ccccc4c4cccc5c4n(c23)[CH-]N5c2[c-]c(Oc3[c-]c4c(cc3)c3cc(C(C)(C)C)ccc3n4-c3cc(C(C)(C)C)ccn3)ccc2)cc(C(C)(C)C)c1)C(C)C.[Pt]. The second-order valence-electron chi connectivity index (χ2n) is 23.7. The molecule has 0 atom stereocenters. The van der Waals surface area contributed by atoms with E-state index in [1.807, 2.05) is 38.2 Å². The van der Waals surface area contributed by atoms with E-state index in [-0.39, 0.29) is 43.2 Å². The Morgan fingerprint density at radius 1 is 0.553 bits per heavy atom. The Bertz CT molecular complexity index is 4260. The molecule has 6 heteroatoms. The number of nitrogens with zero attached hydrogens (tertiary/aromatic N) is 4. The van der Waals surface area contributed by atoms with Gasteiger partial charge in [0.2, 0.25) is 0 Å². The van der Waals surface area contributed by atoms with Crippen LogP contribution < -0.4 is 9.64 Å². The fourth-order valence-electron chi connectivity index (χ4n) is 11.0. The number of hydrogen-bond acceptors (Lipinski definition) is 3. The van der Waals surface area contributed by atoms with Gasteiger partial charge in [0.05, 0.1) is 0 Å². The molecule has 0 N–H and O–H groups in total. The van der Waals surface area contributed by atoms with Crippen molar-refractivity contribution < 1.29 is 28.5 Å². The largest absolute Gasteiger partial charge is 0.509 e. The van der Waals surface area contributed by atoms with Crippen molar-refractivity contribution in [3.8, 4) is 28.4 Å². The van der Waals surface area contributed by atoms with E-state index in [4.69, 9.17) is 9.72 Å². The first kappa shape index (κ1) is 48.3. The number of para-hydroxylation sites is 2. The van der Waals surface area contributed by atoms with Crippen LogP contribution in [0.15, 0.2) is 170 Å². The van der Waals surface area contributed by atoms with Crippen LogP contribution in [0.3, 0.4) is 0 Å². The summed E-state index contributed by atoms with van der Waals surface area (Å²) in [6, 6.07) is 65.8. The number of aromatic nitrogens is 3. The zero-order valence-electron chi connectivity index (χ0n) is 47.3. The van der Waals surface area contributed by atoms with Crippen LogP contribution in [0.2, 0.25) is 0 Å². The minimum atomic E-state index is -1.56. The summed E-state index contributed by atoms with van der Waals surface area (Å²) in [6.45, 7) is 26.2. The Kier molecular flexibility index (Phi) is 12.1. The van der Waals surface area contributed by atoms with Gasteiger partial charge in [0.25, 0.3) is 0 Å². The first-order chi connectivity index (χ1) is 36.6. The van der Waals surface area contributed by atoms with Gasteiger partial charge in [-0.2, -0.15) is 12.1 Å². The minimum absolute atomic E-state index is 0. The van der Waals surface area contributed by atoms with E-state index >= 15 is 0 Å². The van der Waals surface area contributed by atoms with Gasteiger partial charge in [-0.15, -0.1) is 35.7 Å². The number of benzene rings is 8. The predicted molar refractivity (Wildman–Crippen MR) is 317 cm³/mol. The van der Waals surface area contributed by atoms with E-state index < -0.39 is 6.37 Å². The van der Waals surface area contributed by atoms with Crippen molar-refractivity contribution in [1.29, 1.82) is 0 Å². The number of pyridine rings is 1. The smallest absolute Gasteiger partial charge is 0.135 e. The maximum atomic E-state index is 9.40. The fraction of sp³-hybridized carbons (Fsp3) is 0.229. The summed E-state index contributed by atoms with van der Waals surface area (Å²) in [7, 11) is 0. The van der Waals surface area contributed by atoms with Crippen molar-refractivity contribution in [3.05, 3.63) is 211 Å². The van der Waals surface area contributed by atoms with E-state index in [0.29, 0.717) is 17.1 Å². The van der Waals surface area contributed by atoms with Crippen molar-refractivity contribution in [2.75, 3.05) is 4.90 Å². The third-order valence-electron chi connectivity index (χ3n) is 14.9. The minimum Gasteiger partial charge on any atom is -0.509 e. The number of rotatable bonds is 7. The molecule has 3 aromatic heterocycles. The summed E-state index contributed by atoms with van der Waals surface area (Å²) in [4.78, 5) is 7.18. The summed E-state index contributed by atoms with van der Waals surface area (Å²) in [6.07, 6.45) is 0.352. The molecule has 11 aromatic rings. The summed E-state index contributed by atoms with van der Waals surface area (Å²) in [5.41, 5.74) is 11.7. The quantitative estimate of drug-likeness (QED) is 0.149. The number of hydrogen-bond donors (Lipinski definition) is 0. The molecule has 12 rings (SSSR count). The van der Waals surface area contributed by atoms with E-state index in [1.54, 1.807) is 0 Å². The van der Waals surface area contributed by atoms with E-state index in [2.05, 4.69) is 241 Å². The van der Waals surface area contributed by atoms with Crippen molar-refractivity contribution in [1.82, 2.24) is 14.1 Å². The van der Waals surface area contributed by atoms with Crippen LogP contribution in [0.4, 0.5) is 11.4 Å². The van der Waals surface area contributed by atoms with Gasteiger partial charge >= 0.3 is 0 Å². The van der Waals surface area contributed by atoms with Crippen LogP contribution in [0.1, 0.15) is 101 Å². The van der Waals surface area contributed by atoms with Crippen LogP contribution in [0, 0.1) is 24.7 Å². The molecular formula is C70H65N4OPt-3. The van der Waals surface area contributed by atoms with Gasteiger partial charge in [0, 0.05) is 52.7 Å². The summed E-state index contributed by atoms with van der Waals surface area (Å²) < 4.78 is 30.2. The molecule has 0 fully saturated rings. The Labute approximate surface area is 465 Å². The summed E-state index contributed by atoms with van der Waals surface area (Å²) >= 11 is 0. The third-order valence-corrected chi connectivity index (χ3v) is 14.9. The average Bonchev–Trinajstić information content (AvgIpc) is 4.19. The van der Waals surface area contributed by atoms with Crippen LogP contribution in [-0.2, 0) is 43.7 Å². The van der Waals surface area contributed by atoms with E-state index in [9.17, 15) is 2.74 Å². The molecule has 0 aliphatic carbocycles. The molecule has 76 heavy (non-hydrogen) atoms. The van der Waals surface area contributed by atoms with Crippen LogP contribution in [-0.4, -0.2) is 14.1 Å². The summed E-state index contributed by atoms with van der Waals surface area (Å²) in [5, 5.41) is 8.94. The molecule has 1 aliphatic rings. The van der Waals surface area contributed by atoms with E-state index in [0.717, 1.165) is 99.0 Å². The number of anilines is 2. The first-order valence-electron chi connectivity index (χ1n) is 27.4. The molecule has 384 valence electrons. The molecule has 0 unspecified atom stereocenters. The van der Waals surface area contributed by atoms with Crippen molar-refractivity contribution in [3.63, 3.8) is 0 Å². The zero-order valence-corrected chi connectivity index (χ0v) is 47.6. The molecule has 0 saturated carbocycles. The normalized spacial score (nSPS) is 13.4. The van der Waals surface area contributed by atoms with Gasteiger partial charge in [-0.25, -0.2) is 4.98 Å². The Balaban J connectivity index is 0.00000645. The molecule has 0 amide bonds.